The largest absolute Gasteiger partial charge is 0.330 e. The van der Waals surface area contributed by atoms with E-state index in [4.69, 9.17) is 5.73 Å². The van der Waals surface area contributed by atoms with Gasteiger partial charge >= 0.3 is 0 Å². The molecule has 0 bridgehead atoms. The second kappa shape index (κ2) is 8.23. The molecule has 1 aliphatic rings. The Kier molecular flexibility index (Phi) is 7.33. The number of rotatable bonds is 8. The molecule has 0 unspecified atom stereocenters. The van der Waals surface area contributed by atoms with Gasteiger partial charge in [-0.3, -0.25) is 0 Å². The lowest BCUT2D eigenvalue weighted by atomic mass is 9.84. The van der Waals surface area contributed by atoms with Crippen LogP contribution in [0.3, 0.4) is 0 Å². The monoisotopic (exact) mass is 269 g/mol. The van der Waals surface area contributed by atoms with E-state index in [-0.39, 0.29) is 0 Å². The molecule has 1 saturated heterocycles. The van der Waals surface area contributed by atoms with Crippen LogP contribution in [0.15, 0.2) is 0 Å². The van der Waals surface area contributed by atoms with Crippen LogP contribution in [-0.4, -0.2) is 55.6 Å². The minimum Gasteiger partial charge on any atom is -0.330 e. The molecular formula is C16H35N3. The van der Waals surface area contributed by atoms with E-state index >= 15 is 0 Å². The van der Waals surface area contributed by atoms with Crippen LogP contribution >= 0.6 is 0 Å². The highest BCUT2D eigenvalue weighted by Crippen LogP contribution is 2.26. The average Bonchev–Trinajstić information content (AvgIpc) is 2.30. The molecule has 1 aliphatic heterocycles. The van der Waals surface area contributed by atoms with Crippen LogP contribution in [0.25, 0.3) is 0 Å². The summed E-state index contributed by atoms with van der Waals surface area (Å²) in [6.07, 6.45) is 3.77. The smallest absolute Gasteiger partial charge is 0.0110 e. The van der Waals surface area contributed by atoms with Crippen molar-refractivity contribution in [2.45, 2.75) is 47.0 Å². The summed E-state index contributed by atoms with van der Waals surface area (Å²) in [4.78, 5) is 5.24. The van der Waals surface area contributed by atoms with Crippen LogP contribution in [0.1, 0.15) is 47.0 Å². The molecule has 0 radical (unpaired) electrons. The minimum atomic E-state index is 0.425. The highest BCUT2D eigenvalue weighted by molar-refractivity contribution is 4.74. The number of hydrogen-bond acceptors (Lipinski definition) is 3. The van der Waals surface area contributed by atoms with Gasteiger partial charge in [-0.05, 0) is 43.7 Å². The Hall–Kier alpha value is -0.120. The van der Waals surface area contributed by atoms with Gasteiger partial charge in [0.1, 0.15) is 0 Å². The van der Waals surface area contributed by atoms with Crippen LogP contribution in [-0.2, 0) is 0 Å². The van der Waals surface area contributed by atoms with E-state index in [1.54, 1.807) is 0 Å². The van der Waals surface area contributed by atoms with Crippen molar-refractivity contribution in [3.63, 3.8) is 0 Å². The van der Waals surface area contributed by atoms with Crippen LogP contribution in [0.5, 0.6) is 0 Å². The molecular weight excluding hydrogens is 234 g/mol. The Labute approximate surface area is 120 Å². The second-order valence-electron chi connectivity index (χ2n) is 7.34. The maximum Gasteiger partial charge on any atom is 0.0110 e. The zero-order valence-electron chi connectivity index (χ0n) is 13.6. The first-order valence-corrected chi connectivity index (χ1v) is 8.08. The average molecular weight is 269 g/mol. The summed E-state index contributed by atoms with van der Waals surface area (Å²) < 4.78 is 0. The van der Waals surface area contributed by atoms with Crippen molar-refractivity contribution in [3.8, 4) is 0 Å². The molecule has 0 atom stereocenters. The third-order valence-corrected chi connectivity index (χ3v) is 4.24. The Morgan fingerprint density at radius 3 is 2.11 bits per heavy atom. The first kappa shape index (κ1) is 16.9. The Balaban J connectivity index is 2.13. The van der Waals surface area contributed by atoms with E-state index in [1.165, 1.54) is 52.1 Å². The molecule has 0 aromatic heterocycles. The summed E-state index contributed by atoms with van der Waals surface area (Å²) in [7, 11) is 0. The molecule has 0 saturated carbocycles. The minimum absolute atomic E-state index is 0.425. The van der Waals surface area contributed by atoms with Crippen molar-refractivity contribution in [2.75, 3.05) is 45.8 Å². The van der Waals surface area contributed by atoms with Gasteiger partial charge in [0.25, 0.3) is 0 Å². The zero-order chi connectivity index (χ0) is 14.3. The maximum absolute atomic E-state index is 5.67. The van der Waals surface area contributed by atoms with Crippen molar-refractivity contribution in [1.29, 1.82) is 0 Å². The van der Waals surface area contributed by atoms with Gasteiger partial charge in [-0.1, -0.05) is 27.7 Å². The number of piperazine rings is 1. The standard InChI is InChI=1S/C16H35N3/c1-15(2)14-19-12-10-18(11-13-19)9-5-6-16(3,4)7-8-17/h15H,5-14,17H2,1-4H3. The third kappa shape index (κ3) is 7.28. The molecule has 114 valence electrons. The number of nitrogens with two attached hydrogens (primary N) is 1. The zero-order valence-corrected chi connectivity index (χ0v) is 13.6. The summed E-state index contributed by atoms with van der Waals surface area (Å²) in [5.74, 6) is 0.795. The van der Waals surface area contributed by atoms with E-state index in [2.05, 4.69) is 37.5 Å². The second-order valence-corrected chi connectivity index (χ2v) is 7.34. The van der Waals surface area contributed by atoms with Gasteiger partial charge in [0.2, 0.25) is 0 Å². The van der Waals surface area contributed by atoms with Gasteiger partial charge < -0.3 is 15.5 Å². The van der Waals surface area contributed by atoms with Crippen LogP contribution < -0.4 is 5.73 Å². The van der Waals surface area contributed by atoms with Gasteiger partial charge in [-0.15, -0.1) is 0 Å². The molecule has 0 spiro atoms. The highest BCUT2D eigenvalue weighted by atomic mass is 15.3. The molecule has 1 heterocycles. The topological polar surface area (TPSA) is 32.5 Å². The van der Waals surface area contributed by atoms with Gasteiger partial charge in [0, 0.05) is 32.7 Å². The molecule has 3 heteroatoms. The summed E-state index contributed by atoms with van der Waals surface area (Å²) >= 11 is 0. The fourth-order valence-electron chi connectivity index (χ4n) is 3.01. The van der Waals surface area contributed by atoms with Crippen LogP contribution in [0, 0.1) is 11.3 Å². The Bertz CT molecular complexity index is 230. The van der Waals surface area contributed by atoms with Crippen molar-refractivity contribution >= 4 is 0 Å². The Morgan fingerprint density at radius 1 is 1.00 bits per heavy atom. The maximum atomic E-state index is 5.67. The molecule has 0 aliphatic carbocycles. The van der Waals surface area contributed by atoms with Crippen molar-refractivity contribution in [1.82, 2.24) is 9.80 Å². The van der Waals surface area contributed by atoms with Crippen LogP contribution in [0.4, 0.5) is 0 Å². The van der Waals surface area contributed by atoms with Crippen molar-refractivity contribution in [2.24, 2.45) is 17.1 Å². The SMILES string of the molecule is CC(C)CN1CCN(CCCC(C)(C)CCN)CC1. The molecule has 1 fully saturated rings. The number of hydrogen-bond donors (Lipinski definition) is 1. The van der Waals surface area contributed by atoms with E-state index in [0.29, 0.717) is 5.41 Å². The molecule has 0 aromatic carbocycles. The molecule has 0 aromatic rings. The summed E-state index contributed by atoms with van der Waals surface area (Å²) in [5, 5.41) is 0. The van der Waals surface area contributed by atoms with E-state index < -0.39 is 0 Å². The molecule has 3 nitrogen and oxygen atoms in total. The van der Waals surface area contributed by atoms with Crippen molar-refractivity contribution in [3.05, 3.63) is 0 Å². The number of nitrogens with zero attached hydrogens (tertiary/aromatic N) is 2. The lowest BCUT2D eigenvalue weighted by Crippen LogP contribution is -2.47. The Morgan fingerprint density at radius 2 is 1.58 bits per heavy atom. The third-order valence-electron chi connectivity index (χ3n) is 4.24. The van der Waals surface area contributed by atoms with E-state index in [1.807, 2.05) is 0 Å². The fraction of sp³-hybridized carbons (Fsp3) is 1.00. The van der Waals surface area contributed by atoms with Gasteiger partial charge in [-0.2, -0.15) is 0 Å². The molecule has 1 rings (SSSR count). The molecule has 19 heavy (non-hydrogen) atoms. The first-order chi connectivity index (χ1) is 8.93. The lowest BCUT2D eigenvalue weighted by Gasteiger charge is -2.36. The lowest BCUT2D eigenvalue weighted by molar-refractivity contribution is 0.117. The molecule has 2 N–H and O–H groups in total. The predicted octanol–water partition coefficient (Wildman–Crippen LogP) is 2.42. The van der Waals surface area contributed by atoms with Gasteiger partial charge in [0.15, 0.2) is 0 Å². The summed E-state index contributed by atoms with van der Waals surface area (Å²) in [6.45, 7) is 17.7. The van der Waals surface area contributed by atoms with Crippen molar-refractivity contribution < 1.29 is 0 Å². The highest BCUT2D eigenvalue weighted by Gasteiger charge is 2.19. The summed E-state index contributed by atoms with van der Waals surface area (Å²) in [5.41, 5.74) is 6.09. The van der Waals surface area contributed by atoms with E-state index in [9.17, 15) is 0 Å². The van der Waals surface area contributed by atoms with Crippen LogP contribution in [0.2, 0.25) is 0 Å². The first-order valence-electron chi connectivity index (χ1n) is 8.08. The predicted molar refractivity (Wildman–Crippen MR) is 84.4 cm³/mol. The van der Waals surface area contributed by atoms with Gasteiger partial charge in [0.05, 0.1) is 0 Å². The normalized spacial score (nSPS) is 19.3. The fourth-order valence-corrected chi connectivity index (χ4v) is 3.01. The molecule has 0 amide bonds. The summed E-state index contributed by atoms with van der Waals surface area (Å²) in [6, 6.07) is 0. The van der Waals surface area contributed by atoms with Gasteiger partial charge in [-0.25, -0.2) is 0 Å². The van der Waals surface area contributed by atoms with E-state index in [0.717, 1.165) is 18.9 Å². The quantitative estimate of drug-likeness (QED) is 0.734.